The number of carbonyl (C=O) groups is 1. The van der Waals surface area contributed by atoms with Crippen LogP contribution in [-0.2, 0) is 13.6 Å². The second kappa shape index (κ2) is 6.91. The van der Waals surface area contributed by atoms with Gasteiger partial charge in [-0.3, -0.25) is 14.4 Å². The summed E-state index contributed by atoms with van der Waals surface area (Å²) < 4.78 is 1.64. The Morgan fingerprint density at radius 1 is 1.13 bits per heavy atom. The van der Waals surface area contributed by atoms with Crippen molar-refractivity contribution in [3.63, 3.8) is 0 Å². The van der Waals surface area contributed by atoms with E-state index in [1.165, 1.54) is 0 Å². The summed E-state index contributed by atoms with van der Waals surface area (Å²) in [4.78, 5) is 16.5. The topological polar surface area (TPSA) is 41.4 Å². The van der Waals surface area contributed by atoms with E-state index in [1.807, 2.05) is 30.1 Å². The number of amides is 1. The monoisotopic (exact) mass is 352 g/mol. The number of rotatable bonds is 3. The molecule has 0 radical (unpaired) electrons. The molecular weight excluding hydrogens is 335 g/mol. The Bertz CT molecular complexity index is 688. The van der Waals surface area contributed by atoms with Crippen LogP contribution in [0.4, 0.5) is 0 Å². The molecule has 0 aliphatic carbocycles. The molecule has 0 spiro atoms. The van der Waals surface area contributed by atoms with Gasteiger partial charge >= 0.3 is 0 Å². The average molecular weight is 353 g/mol. The summed E-state index contributed by atoms with van der Waals surface area (Å²) in [6.45, 7) is 3.64. The standard InChI is InChI=1S/C16H18Cl2N4O/c1-20-6-5-15(19-20)16(23)22-9-7-21(8-10-22)11-12-13(17)3-2-4-14(12)18/h2-6H,7-11H2,1H3. The largest absolute Gasteiger partial charge is 0.335 e. The highest BCUT2D eigenvalue weighted by Gasteiger charge is 2.24. The Balaban J connectivity index is 1.59. The van der Waals surface area contributed by atoms with Gasteiger partial charge in [0.05, 0.1) is 0 Å². The number of piperazine rings is 1. The van der Waals surface area contributed by atoms with Crippen molar-refractivity contribution in [1.82, 2.24) is 19.6 Å². The van der Waals surface area contributed by atoms with E-state index in [0.29, 0.717) is 35.4 Å². The van der Waals surface area contributed by atoms with E-state index >= 15 is 0 Å². The Labute approximate surface area is 145 Å². The lowest BCUT2D eigenvalue weighted by molar-refractivity contribution is 0.0622. The second-order valence-corrected chi connectivity index (χ2v) is 6.46. The number of nitrogens with zero attached hydrogens (tertiary/aromatic N) is 4. The summed E-state index contributed by atoms with van der Waals surface area (Å²) in [6, 6.07) is 7.29. The molecular formula is C16H18Cl2N4O. The van der Waals surface area contributed by atoms with Crippen LogP contribution in [0.25, 0.3) is 0 Å². The van der Waals surface area contributed by atoms with Gasteiger partial charge in [-0.15, -0.1) is 0 Å². The fraction of sp³-hybridized carbons (Fsp3) is 0.375. The van der Waals surface area contributed by atoms with Crippen molar-refractivity contribution in [3.05, 3.63) is 51.8 Å². The smallest absolute Gasteiger partial charge is 0.274 e. The molecule has 23 heavy (non-hydrogen) atoms. The summed E-state index contributed by atoms with van der Waals surface area (Å²) in [6.07, 6.45) is 1.78. The minimum Gasteiger partial charge on any atom is -0.335 e. The van der Waals surface area contributed by atoms with Crippen LogP contribution >= 0.6 is 23.2 Å². The zero-order valence-corrected chi connectivity index (χ0v) is 14.4. The lowest BCUT2D eigenvalue weighted by Crippen LogP contribution is -2.48. The number of hydrogen-bond donors (Lipinski definition) is 0. The van der Waals surface area contributed by atoms with Crippen molar-refractivity contribution in [2.75, 3.05) is 26.2 Å². The molecule has 1 aromatic heterocycles. The fourth-order valence-corrected chi connectivity index (χ4v) is 3.22. The summed E-state index contributed by atoms with van der Waals surface area (Å²) in [7, 11) is 1.81. The number of halogens is 2. The number of hydrogen-bond acceptors (Lipinski definition) is 3. The third kappa shape index (κ3) is 3.68. The first-order valence-electron chi connectivity index (χ1n) is 7.49. The predicted molar refractivity (Wildman–Crippen MR) is 90.9 cm³/mol. The molecule has 1 aromatic carbocycles. The fourth-order valence-electron chi connectivity index (χ4n) is 2.71. The van der Waals surface area contributed by atoms with Crippen LogP contribution in [0, 0.1) is 0 Å². The van der Waals surface area contributed by atoms with Crippen molar-refractivity contribution >= 4 is 29.1 Å². The van der Waals surface area contributed by atoms with E-state index < -0.39 is 0 Å². The first-order chi connectivity index (χ1) is 11.0. The molecule has 1 saturated heterocycles. The highest BCUT2D eigenvalue weighted by atomic mass is 35.5. The quantitative estimate of drug-likeness (QED) is 0.852. The number of benzene rings is 1. The molecule has 0 bridgehead atoms. The second-order valence-electron chi connectivity index (χ2n) is 5.64. The summed E-state index contributed by atoms with van der Waals surface area (Å²) >= 11 is 12.4. The van der Waals surface area contributed by atoms with Gasteiger partial charge in [0.25, 0.3) is 5.91 Å². The van der Waals surface area contributed by atoms with Crippen LogP contribution in [0.2, 0.25) is 10.0 Å². The van der Waals surface area contributed by atoms with E-state index in [2.05, 4.69) is 10.00 Å². The SMILES string of the molecule is Cn1ccc(C(=O)N2CCN(Cc3c(Cl)cccc3Cl)CC2)n1. The molecule has 7 heteroatoms. The minimum atomic E-state index is -0.0129. The number of carbonyl (C=O) groups excluding carboxylic acids is 1. The molecule has 1 fully saturated rings. The van der Waals surface area contributed by atoms with Gasteiger partial charge in [-0.2, -0.15) is 5.10 Å². The van der Waals surface area contributed by atoms with E-state index in [-0.39, 0.29) is 5.91 Å². The van der Waals surface area contributed by atoms with Crippen molar-refractivity contribution < 1.29 is 4.79 Å². The van der Waals surface area contributed by atoms with Crippen LogP contribution < -0.4 is 0 Å². The Morgan fingerprint density at radius 2 is 1.78 bits per heavy atom. The normalized spacial score (nSPS) is 15.9. The zero-order valence-electron chi connectivity index (χ0n) is 12.9. The molecule has 0 atom stereocenters. The van der Waals surface area contributed by atoms with Gasteiger partial charge < -0.3 is 4.90 Å². The summed E-state index contributed by atoms with van der Waals surface area (Å²) in [5.41, 5.74) is 1.44. The molecule has 0 unspecified atom stereocenters. The molecule has 0 saturated carbocycles. The third-order valence-electron chi connectivity index (χ3n) is 4.04. The molecule has 122 valence electrons. The Kier molecular flexibility index (Phi) is 4.90. The molecule has 2 heterocycles. The van der Waals surface area contributed by atoms with E-state index in [0.717, 1.165) is 18.7 Å². The Morgan fingerprint density at radius 3 is 2.35 bits per heavy atom. The molecule has 2 aromatic rings. The van der Waals surface area contributed by atoms with Crippen molar-refractivity contribution in [1.29, 1.82) is 0 Å². The minimum absolute atomic E-state index is 0.0129. The number of aromatic nitrogens is 2. The van der Waals surface area contributed by atoms with E-state index in [9.17, 15) is 4.79 Å². The first-order valence-corrected chi connectivity index (χ1v) is 8.24. The van der Waals surface area contributed by atoms with E-state index in [4.69, 9.17) is 23.2 Å². The van der Waals surface area contributed by atoms with Gasteiger partial charge in [-0.1, -0.05) is 29.3 Å². The maximum atomic E-state index is 12.4. The van der Waals surface area contributed by atoms with Crippen LogP contribution in [0.3, 0.4) is 0 Å². The van der Waals surface area contributed by atoms with Crippen molar-refractivity contribution in [2.45, 2.75) is 6.54 Å². The summed E-state index contributed by atoms with van der Waals surface area (Å²) in [5.74, 6) is -0.0129. The molecule has 1 aliphatic rings. The lowest BCUT2D eigenvalue weighted by atomic mass is 10.2. The van der Waals surface area contributed by atoms with Gasteiger partial charge in [0, 0.05) is 61.6 Å². The molecule has 0 N–H and O–H groups in total. The molecule has 1 amide bonds. The average Bonchev–Trinajstić information content (AvgIpc) is 2.97. The summed E-state index contributed by atoms with van der Waals surface area (Å²) in [5, 5.41) is 5.54. The highest BCUT2D eigenvalue weighted by molar-refractivity contribution is 6.35. The van der Waals surface area contributed by atoms with Crippen LogP contribution in [0.1, 0.15) is 16.1 Å². The van der Waals surface area contributed by atoms with Crippen molar-refractivity contribution in [2.24, 2.45) is 7.05 Å². The van der Waals surface area contributed by atoms with Crippen LogP contribution in [0.15, 0.2) is 30.5 Å². The highest BCUT2D eigenvalue weighted by Crippen LogP contribution is 2.26. The maximum absolute atomic E-state index is 12.4. The Hall–Kier alpha value is -1.56. The van der Waals surface area contributed by atoms with Gasteiger partial charge in [0.15, 0.2) is 0 Å². The zero-order chi connectivity index (χ0) is 16.4. The van der Waals surface area contributed by atoms with Gasteiger partial charge in [0.1, 0.15) is 5.69 Å². The lowest BCUT2D eigenvalue weighted by Gasteiger charge is -2.34. The van der Waals surface area contributed by atoms with Crippen molar-refractivity contribution in [3.8, 4) is 0 Å². The molecule has 3 rings (SSSR count). The molecule has 5 nitrogen and oxygen atoms in total. The first kappa shape index (κ1) is 16.3. The van der Waals surface area contributed by atoms with Gasteiger partial charge in [0.2, 0.25) is 0 Å². The predicted octanol–water partition coefficient (Wildman–Crippen LogP) is 2.68. The third-order valence-corrected chi connectivity index (χ3v) is 4.74. The molecule has 1 aliphatic heterocycles. The van der Waals surface area contributed by atoms with Crippen LogP contribution in [-0.4, -0.2) is 51.7 Å². The van der Waals surface area contributed by atoms with Crippen LogP contribution in [0.5, 0.6) is 0 Å². The number of aryl methyl sites for hydroxylation is 1. The maximum Gasteiger partial charge on any atom is 0.274 e. The van der Waals surface area contributed by atoms with Gasteiger partial charge in [-0.05, 0) is 18.2 Å². The van der Waals surface area contributed by atoms with E-state index in [1.54, 1.807) is 16.9 Å². The van der Waals surface area contributed by atoms with Gasteiger partial charge in [-0.25, -0.2) is 0 Å².